The van der Waals surface area contributed by atoms with E-state index in [1.165, 1.54) is 29.2 Å². The molecule has 39 heavy (non-hydrogen) atoms. The molecule has 0 saturated carbocycles. The average molecular weight is 565 g/mol. The Morgan fingerprint density at radius 1 is 1.13 bits per heavy atom. The summed E-state index contributed by atoms with van der Waals surface area (Å²) in [7, 11) is 0. The minimum absolute atomic E-state index is 0.00128. The van der Waals surface area contributed by atoms with Crippen molar-refractivity contribution in [1.82, 2.24) is 15.5 Å². The van der Waals surface area contributed by atoms with Crippen molar-refractivity contribution in [2.24, 2.45) is 0 Å². The van der Waals surface area contributed by atoms with E-state index in [-0.39, 0.29) is 62.0 Å². The number of rotatable bonds is 5. The number of nitrogens with one attached hydrogen (secondary N) is 2. The number of halogens is 3. The molecule has 0 bridgehead atoms. The van der Waals surface area contributed by atoms with Crippen molar-refractivity contribution in [2.45, 2.75) is 30.9 Å². The number of carbonyl (C=O) groups is 4. The molecule has 0 radical (unpaired) electrons. The van der Waals surface area contributed by atoms with Crippen molar-refractivity contribution < 1.29 is 36.8 Å². The van der Waals surface area contributed by atoms with Gasteiger partial charge in [0.1, 0.15) is 17.7 Å². The van der Waals surface area contributed by atoms with Gasteiger partial charge >= 0.3 is 12.1 Å². The number of carbonyl (C=O) groups excluding carboxylic acids is 4. The molecule has 1 unspecified atom stereocenters. The predicted octanol–water partition coefficient (Wildman–Crippen LogP) is 2.99. The first-order chi connectivity index (χ1) is 19.8. The first-order valence-electron chi connectivity index (χ1n) is 13.7. The van der Waals surface area contributed by atoms with Crippen molar-refractivity contribution >= 4 is 46.9 Å². The van der Waals surface area contributed by atoms with E-state index < -0.39 is 54.6 Å². The Balaban J connectivity index is 1.09. The highest BCUT2D eigenvalue weighted by molar-refractivity contribution is 6.30. The van der Waals surface area contributed by atoms with E-state index in [9.17, 15) is 28.0 Å². The van der Waals surface area contributed by atoms with Gasteiger partial charge in [-0.2, -0.15) is 0 Å². The van der Waals surface area contributed by atoms with Crippen LogP contribution in [0.1, 0.15) is 28.4 Å². The van der Waals surface area contributed by atoms with Crippen LogP contribution in [-0.2, 0) is 14.3 Å². The number of hydrogen-bond donors (Lipinski definition) is 2. The van der Waals surface area contributed by atoms with Crippen molar-refractivity contribution in [3.8, 4) is 0 Å². The van der Waals surface area contributed by atoms with Crippen LogP contribution in [0.25, 0.3) is 0 Å². The monoisotopic (exact) mass is 564 g/mol. The standard InChI is InChI=1S/C26H26ClF2N5O5/c1-32(16-4-2-14(27)3-5-16)26(38)34-12-18(13-34)39-25(37)30-15-10-33(11-15)17-8-20(28)23(21(29)9-17)19-6-7-22(35)31-24(19)36/h2-5,8-9,15,18-19H,6-7,10-13H2,1H3,(H,30,37)(H,31,35,36)/i1D3. The molecule has 5 rings (SSSR count). The van der Waals surface area contributed by atoms with Gasteiger partial charge < -0.3 is 19.9 Å². The number of alkyl carbamates (subject to hydrolysis) is 1. The summed E-state index contributed by atoms with van der Waals surface area (Å²) >= 11 is 5.86. The van der Waals surface area contributed by atoms with Crippen LogP contribution in [0.3, 0.4) is 0 Å². The third-order valence-corrected chi connectivity index (χ3v) is 7.14. The summed E-state index contributed by atoms with van der Waals surface area (Å²) in [6.45, 7) is -2.25. The summed E-state index contributed by atoms with van der Waals surface area (Å²) in [6.07, 6.45) is -1.38. The second-order valence-corrected chi connectivity index (χ2v) is 10.0. The number of piperidine rings is 1. The summed E-state index contributed by atoms with van der Waals surface area (Å²) < 4.78 is 58.2. The maximum Gasteiger partial charge on any atom is 0.407 e. The lowest BCUT2D eigenvalue weighted by Crippen LogP contribution is -2.62. The Labute approximate surface area is 232 Å². The third-order valence-electron chi connectivity index (χ3n) is 6.89. The van der Waals surface area contributed by atoms with E-state index >= 15 is 0 Å². The van der Waals surface area contributed by atoms with Crippen LogP contribution in [0.4, 0.5) is 29.7 Å². The van der Waals surface area contributed by atoms with Crippen molar-refractivity contribution in [3.63, 3.8) is 0 Å². The molecule has 3 heterocycles. The molecule has 10 nitrogen and oxygen atoms in total. The Bertz CT molecular complexity index is 1400. The molecular formula is C26H26ClF2N5O5. The quantitative estimate of drug-likeness (QED) is 0.540. The summed E-state index contributed by atoms with van der Waals surface area (Å²) in [5.41, 5.74) is -0.00256. The molecule has 0 aliphatic carbocycles. The fraction of sp³-hybridized carbons (Fsp3) is 0.385. The molecule has 13 heteroatoms. The fourth-order valence-electron chi connectivity index (χ4n) is 4.70. The predicted molar refractivity (Wildman–Crippen MR) is 138 cm³/mol. The molecule has 2 aromatic carbocycles. The molecular weight excluding hydrogens is 536 g/mol. The molecule has 3 aliphatic rings. The van der Waals surface area contributed by atoms with Crippen LogP contribution in [0.2, 0.25) is 5.02 Å². The Morgan fingerprint density at radius 2 is 1.79 bits per heavy atom. The number of benzene rings is 2. The first-order valence-corrected chi connectivity index (χ1v) is 12.6. The topological polar surface area (TPSA) is 111 Å². The molecule has 2 N–H and O–H groups in total. The van der Waals surface area contributed by atoms with Gasteiger partial charge in [-0.3, -0.25) is 19.8 Å². The van der Waals surface area contributed by atoms with Gasteiger partial charge in [-0.1, -0.05) is 11.6 Å². The van der Waals surface area contributed by atoms with E-state index in [2.05, 4.69) is 10.6 Å². The lowest BCUT2D eigenvalue weighted by molar-refractivity contribution is -0.134. The zero-order valence-corrected chi connectivity index (χ0v) is 21.2. The van der Waals surface area contributed by atoms with Crippen molar-refractivity contribution in [1.29, 1.82) is 0 Å². The molecule has 2 aromatic rings. The van der Waals surface area contributed by atoms with E-state index in [1.807, 2.05) is 0 Å². The maximum atomic E-state index is 14.8. The van der Waals surface area contributed by atoms with Crippen LogP contribution in [-0.4, -0.2) is 74.1 Å². The molecule has 206 valence electrons. The van der Waals surface area contributed by atoms with Gasteiger partial charge in [-0.15, -0.1) is 0 Å². The van der Waals surface area contributed by atoms with Gasteiger partial charge in [0.05, 0.1) is 25.0 Å². The van der Waals surface area contributed by atoms with E-state index in [0.29, 0.717) is 9.92 Å². The van der Waals surface area contributed by atoms with E-state index in [1.54, 1.807) is 4.90 Å². The largest absolute Gasteiger partial charge is 0.442 e. The number of ether oxygens (including phenoxy) is 1. The maximum absolute atomic E-state index is 14.8. The Morgan fingerprint density at radius 3 is 2.41 bits per heavy atom. The molecule has 0 spiro atoms. The second kappa shape index (κ2) is 10.7. The highest BCUT2D eigenvalue weighted by atomic mass is 35.5. The number of amides is 5. The molecule has 1 atom stereocenters. The average Bonchev–Trinajstić information content (AvgIpc) is 2.84. The van der Waals surface area contributed by atoms with Crippen LogP contribution < -0.4 is 20.4 Å². The lowest BCUT2D eigenvalue weighted by atomic mass is 9.89. The number of anilines is 2. The van der Waals surface area contributed by atoms with Crippen LogP contribution in [0, 0.1) is 11.6 Å². The summed E-state index contributed by atoms with van der Waals surface area (Å²) in [6, 6.07) is 6.88. The van der Waals surface area contributed by atoms with Gasteiger partial charge in [0.15, 0.2) is 0 Å². The fourth-order valence-corrected chi connectivity index (χ4v) is 4.82. The zero-order valence-electron chi connectivity index (χ0n) is 23.5. The van der Waals surface area contributed by atoms with Crippen molar-refractivity contribution in [3.05, 3.63) is 58.6 Å². The Kier molecular flexibility index (Phi) is 6.30. The third kappa shape index (κ3) is 5.60. The number of hydrogen-bond acceptors (Lipinski definition) is 6. The number of nitrogens with zero attached hydrogens (tertiary/aromatic N) is 3. The molecule has 5 amide bonds. The van der Waals surface area contributed by atoms with Gasteiger partial charge in [0.25, 0.3) is 0 Å². The minimum Gasteiger partial charge on any atom is -0.442 e. The van der Waals surface area contributed by atoms with Crippen LogP contribution >= 0.6 is 11.6 Å². The zero-order chi connectivity index (χ0) is 30.3. The molecule has 0 aromatic heterocycles. The number of imide groups is 1. The molecule has 3 fully saturated rings. The first kappa shape index (κ1) is 23.0. The summed E-state index contributed by atoms with van der Waals surface area (Å²) in [4.78, 5) is 52.2. The highest BCUT2D eigenvalue weighted by Gasteiger charge is 2.37. The van der Waals surface area contributed by atoms with Gasteiger partial charge in [0, 0.05) is 52.6 Å². The van der Waals surface area contributed by atoms with Gasteiger partial charge in [-0.25, -0.2) is 18.4 Å². The van der Waals surface area contributed by atoms with Crippen LogP contribution in [0.5, 0.6) is 0 Å². The smallest absolute Gasteiger partial charge is 0.407 e. The molecule has 3 saturated heterocycles. The summed E-state index contributed by atoms with van der Waals surface area (Å²) in [5.74, 6) is -4.11. The minimum atomic E-state index is -2.75. The molecule has 3 aliphatic heterocycles. The highest BCUT2D eigenvalue weighted by Crippen LogP contribution is 2.33. The lowest BCUT2D eigenvalue weighted by Gasteiger charge is -2.43. The van der Waals surface area contributed by atoms with Crippen molar-refractivity contribution in [2.75, 3.05) is 43.0 Å². The summed E-state index contributed by atoms with van der Waals surface area (Å²) in [5, 5.41) is 5.13. The second-order valence-electron chi connectivity index (χ2n) is 9.60. The number of urea groups is 1. The normalized spacial score (nSPS) is 21.1. The van der Waals surface area contributed by atoms with E-state index in [4.69, 9.17) is 20.5 Å². The van der Waals surface area contributed by atoms with Gasteiger partial charge in [0.2, 0.25) is 11.8 Å². The number of likely N-dealkylation sites (tertiary alicyclic amines) is 1. The van der Waals surface area contributed by atoms with E-state index in [0.717, 1.165) is 12.1 Å². The Hall–Kier alpha value is -3.93. The SMILES string of the molecule is [2H]C([2H])([2H])N(C(=O)N1CC(OC(=O)NC2CN(c3cc(F)c(C4CCC(=O)NC4=O)c(F)c3)C2)C1)c1ccc(Cl)cc1. The van der Waals surface area contributed by atoms with Gasteiger partial charge in [-0.05, 0) is 42.8 Å². The van der Waals surface area contributed by atoms with Crippen LogP contribution in [0.15, 0.2) is 36.4 Å².